The Morgan fingerprint density at radius 2 is 1.95 bits per heavy atom. The molecule has 2 aliphatic carbocycles. The molecule has 0 aromatic heterocycles. The first-order valence-electron chi connectivity index (χ1n) is 6.77. The van der Waals surface area contributed by atoms with Gasteiger partial charge in [-0.1, -0.05) is 0 Å². The number of carbonyl (C=O) groups excluding carboxylic acids is 2. The highest BCUT2D eigenvalue weighted by Gasteiger charge is 2.48. The van der Waals surface area contributed by atoms with Gasteiger partial charge in [0.1, 0.15) is 5.82 Å². The second-order valence-corrected chi connectivity index (χ2v) is 5.60. The number of nitrogens with one attached hydrogen (secondary N) is 1. The summed E-state index contributed by atoms with van der Waals surface area (Å²) in [6.07, 6.45) is 3.03. The number of rotatable bonds is 3. The molecule has 5 heteroatoms. The van der Waals surface area contributed by atoms with Crippen LogP contribution in [-0.4, -0.2) is 19.0 Å². The molecule has 1 amide bonds. The van der Waals surface area contributed by atoms with Crippen molar-refractivity contribution >= 4 is 17.6 Å². The minimum atomic E-state index is -0.553. The van der Waals surface area contributed by atoms with E-state index in [0.29, 0.717) is 11.8 Å². The quantitative estimate of drug-likeness (QED) is 0.864. The topological polar surface area (TPSA) is 55.4 Å². The van der Waals surface area contributed by atoms with Gasteiger partial charge in [0, 0.05) is 5.92 Å². The molecule has 0 radical (unpaired) electrons. The van der Waals surface area contributed by atoms with Gasteiger partial charge in [-0.3, -0.25) is 4.79 Å². The second kappa shape index (κ2) is 4.89. The molecule has 3 rings (SSSR count). The molecule has 1 N–H and O–H groups in total. The van der Waals surface area contributed by atoms with Crippen LogP contribution < -0.4 is 5.32 Å². The van der Waals surface area contributed by atoms with Crippen LogP contribution in [0.4, 0.5) is 10.1 Å². The van der Waals surface area contributed by atoms with Gasteiger partial charge >= 0.3 is 5.97 Å². The third kappa shape index (κ3) is 2.40. The molecule has 106 valence electrons. The van der Waals surface area contributed by atoms with Crippen molar-refractivity contribution in [1.82, 2.24) is 0 Å². The molecule has 0 saturated heterocycles. The summed E-state index contributed by atoms with van der Waals surface area (Å²) in [5.41, 5.74) is 0.261. The highest BCUT2D eigenvalue weighted by Crippen LogP contribution is 2.54. The van der Waals surface area contributed by atoms with Gasteiger partial charge in [-0.2, -0.15) is 0 Å². The van der Waals surface area contributed by atoms with E-state index in [4.69, 9.17) is 0 Å². The molecule has 2 atom stereocenters. The summed E-state index contributed by atoms with van der Waals surface area (Å²) < 4.78 is 18.3. The van der Waals surface area contributed by atoms with Gasteiger partial charge in [0.25, 0.3) is 0 Å². The molecule has 20 heavy (non-hydrogen) atoms. The van der Waals surface area contributed by atoms with Crippen molar-refractivity contribution in [3.8, 4) is 0 Å². The summed E-state index contributed by atoms with van der Waals surface area (Å²) in [5.74, 6) is 0.101. The van der Waals surface area contributed by atoms with E-state index < -0.39 is 11.8 Å². The average molecular weight is 277 g/mol. The fourth-order valence-corrected chi connectivity index (χ4v) is 3.03. The lowest BCUT2D eigenvalue weighted by atomic mass is 10.0. The molecule has 0 aliphatic heterocycles. The van der Waals surface area contributed by atoms with E-state index in [1.807, 2.05) is 0 Å². The third-order valence-electron chi connectivity index (χ3n) is 4.26. The van der Waals surface area contributed by atoms with Crippen molar-refractivity contribution in [3.63, 3.8) is 0 Å². The van der Waals surface area contributed by atoms with Crippen molar-refractivity contribution in [1.29, 1.82) is 0 Å². The summed E-state index contributed by atoms with van der Waals surface area (Å²) in [4.78, 5) is 23.5. The normalized spacial score (nSPS) is 26.8. The SMILES string of the molecule is COC(=O)c1ccc(F)c(NC(=O)C2CC3CC3C2)c1. The lowest BCUT2D eigenvalue weighted by Crippen LogP contribution is -2.22. The Kier molecular flexibility index (Phi) is 3.20. The van der Waals surface area contributed by atoms with Gasteiger partial charge in [-0.25, -0.2) is 9.18 Å². The summed E-state index contributed by atoms with van der Waals surface area (Å²) in [6, 6.07) is 3.81. The fourth-order valence-electron chi connectivity index (χ4n) is 3.03. The third-order valence-corrected chi connectivity index (χ3v) is 4.26. The molecule has 2 unspecified atom stereocenters. The maximum absolute atomic E-state index is 13.7. The van der Waals surface area contributed by atoms with E-state index in [9.17, 15) is 14.0 Å². The van der Waals surface area contributed by atoms with Crippen LogP contribution >= 0.6 is 0 Å². The number of hydrogen-bond donors (Lipinski definition) is 1. The predicted octanol–water partition coefficient (Wildman–Crippen LogP) is 2.60. The smallest absolute Gasteiger partial charge is 0.337 e. The van der Waals surface area contributed by atoms with E-state index in [-0.39, 0.29) is 23.1 Å². The van der Waals surface area contributed by atoms with Crippen LogP contribution in [0.3, 0.4) is 0 Å². The number of benzene rings is 1. The van der Waals surface area contributed by atoms with Gasteiger partial charge < -0.3 is 10.1 Å². The van der Waals surface area contributed by atoms with Crippen molar-refractivity contribution in [3.05, 3.63) is 29.6 Å². The molecule has 1 aromatic carbocycles. The van der Waals surface area contributed by atoms with E-state index >= 15 is 0 Å². The van der Waals surface area contributed by atoms with Crippen molar-refractivity contribution in [2.24, 2.45) is 17.8 Å². The minimum Gasteiger partial charge on any atom is -0.465 e. The molecular formula is C15H16FNO3. The predicted molar refractivity (Wildman–Crippen MR) is 70.7 cm³/mol. The van der Waals surface area contributed by atoms with Gasteiger partial charge in [-0.05, 0) is 49.3 Å². The number of hydrogen-bond acceptors (Lipinski definition) is 3. The zero-order valence-corrected chi connectivity index (χ0v) is 11.2. The van der Waals surface area contributed by atoms with E-state index in [2.05, 4.69) is 10.1 Å². The van der Waals surface area contributed by atoms with Gasteiger partial charge in [0.05, 0.1) is 18.4 Å². The number of carbonyl (C=O) groups is 2. The highest BCUT2D eigenvalue weighted by molar-refractivity contribution is 5.95. The first-order valence-corrected chi connectivity index (χ1v) is 6.77. The Hall–Kier alpha value is -1.91. The van der Waals surface area contributed by atoms with Crippen LogP contribution in [0.1, 0.15) is 29.6 Å². The minimum absolute atomic E-state index is 0.0278. The number of anilines is 1. The first kappa shape index (κ1) is 13.1. The van der Waals surface area contributed by atoms with Crippen LogP contribution in [0.2, 0.25) is 0 Å². The molecule has 0 spiro atoms. The zero-order chi connectivity index (χ0) is 14.3. The Balaban J connectivity index is 1.72. The van der Waals surface area contributed by atoms with E-state index in [1.165, 1.54) is 25.7 Å². The van der Waals surface area contributed by atoms with E-state index in [1.54, 1.807) is 0 Å². The second-order valence-electron chi connectivity index (χ2n) is 5.60. The number of methoxy groups -OCH3 is 1. The Bertz CT molecular complexity index is 562. The molecular weight excluding hydrogens is 261 g/mol. The average Bonchev–Trinajstić information content (AvgIpc) is 3.06. The highest BCUT2D eigenvalue weighted by atomic mass is 19.1. The lowest BCUT2D eigenvalue weighted by molar-refractivity contribution is -0.120. The maximum Gasteiger partial charge on any atom is 0.337 e. The van der Waals surface area contributed by atoms with Crippen molar-refractivity contribution in [2.75, 3.05) is 12.4 Å². The van der Waals surface area contributed by atoms with Crippen LogP contribution in [-0.2, 0) is 9.53 Å². The number of halogens is 1. The standard InChI is InChI=1S/C15H16FNO3/c1-20-15(19)8-2-3-12(16)13(7-8)17-14(18)11-5-9-4-10(9)6-11/h2-3,7,9-11H,4-6H2,1H3,(H,17,18). The molecule has 4 nitrogen and oxygen atoms in total. The van der Waals surface area contributed by atoms with Crippen LogP contribution in [0.25, 0.3) is 0 Å². The number of ether oxygens (including phenoxy) is 1. The van der Waals surface area contributed by atoms with Gasteiger partial charge in [-0.15, -0.1) is 0 Å². The monoisotopic (exact) mass is 277 g/mol. The first-order chi connectivity index (χ1) is 9.58. The van der Waals surface area contributed by atoms with Crippen LogP contribution in [0.15, 0.2) is 18.2 Å². The molecule has 2 fully saturated rings. The number of esters is 1. The lowest BCUT2D eigenvalue weighted by Gasteiger charge is -2.13. The summed E-state index contributed by atoms with van der Waals surface area (Å²) in [6.45, 7) is 0. The van der Waals surface area contributed by atoms with Crippen molar-refractivity contribution < 1.29 is 18.7 Å². The molecule has 2 aliphatic rings. The Morgan fingerprint density at radius 3 is 2.60 bits per heavy atom. The van der Waals surface area contributed by atoms with Crippen LogP contribution in [0, 0.1) is 23.6 Å². The van der Waals surface area contributed by atoms with Crippen molar-refractivity contribution in [2.45, 2.75) is 19.3 Å². The molecule has 0 heterocycles. The Morgan fingerprint density at radius 1 is 1.25 bits per heavy atom. The summed E-state index contributed by atoms with van der Waals surface area (Å²) in [5, 5.41) is 2.59. The summed E-state index contributed by atoms with van der Waals surface area (Å²) >= 11 is 0. The van der Waals surface area contributed by atoms with E-state index in [0.717, 1.165) is 18.9 Å². The maximum atomic E-state index is 13.7. The fraction of sp³-hybridized carbons (Fsp3) is 0.467. The zero-order valence-electron chi connectivity index (χ0n) is 11.2. The molecule has 0 bridgehead atoms. The Labute approximate surface area is 116 Å². The van der Waals surface area contributed by atoms with Gasteiger partial charge in [0.15, 0.2) is 0 Å². The van der Waals surface area contributed by atoms with Crippen LogP contribution in [0.5, 0.6) is 0 Å². The van der Waals surface area contributed by atoms with Gasteiger partial charge in [0.2, 0.25) is 5.91 Å². The summed E-state index contributed by atoms with van der Waals surface area (Å²) in [7, 11) is 1.26. The number of fused-ring (bicyclic) bond motifs is 1. The number of amides is 1. The molecule has 2 saturated carbocycles. The molecule has 1 aromatic rings. The largest absolute Gasteiger partial charge is 0.465 e.